The lowest BCUT2D eigenvalue weighted by Gasteiger charge is -2.38. The lowest BCUT2D eigenvalue weighted by molar-refractivity contribution is -0.143. The Hall–Kier alpha value is -2.46. The number of alkyl halides is 3. The topological polar surface area (TPSA) is 77.2 Å². The third kappa shape index (κ3) is 5.27. The van der Waals surface area contributed by atoms with Crippen molar-refractivity contribution in [1.82, 2.24) is 14.8 Å². The summed E-state index contributed by atoms with van der Waals surface area (Å²) < 4.78 is 48.1. The third-order valence-electron chi connectivity index (χ3n) is 6.97. The second-order valence-electron chi connectivity index (χ2n) is 10.3. The van der Waals surface area contributed by atoms with Crippen LogP contribution >= 0.6 is 0 Å². The number of aromatic carboxylic acids is 1. The van der Waals surface area contributed by atoms with Crippen LogP contribution in [0.2, 0.25) is 18.1 Å². The summed E-state index contributed by atoms with van der Waals surface area (Å²) in [7, 11) is -2.00. The highest BCUT2D eigenvalue weighted by molar-refractivity contribution is 6.74. The smallest absolute Gasteiger partial charge is 0.434 e. The molecule has 0 saturated carbocycles. The van der Waals surface area contributed by atoms with Crippen LogP contribution < -0.4 is 0 Å². The van der Waals surface area contributed by atoms with Crippen molar-refractivity contribution in [3.63, 3.8) is 0 Å². The van der Waals surface area contributed by atoms with Crippen molar-refractivity contribution >= 4 is 19.9 Å². The van der Waals surface area contributed by atoms with Crippen molar-refractivity contribution in [3.05, 3.63) is 46.9 Å². The summed E-state index contributed by atoms with van der Waals surface area (Å²) in [6.07, 6.45) is -1.48. The van der Waals surface area contributed by atoms with E-state index in [1.807, 2.05) is 0 Å². The first kappa shape index (κ1) is 26.1. The quantitative estimate of drug-likeness (QED) is 0.458. The number of hydrogen-bond acceptors (Lipinski definition) is 4. The predicted molar refractivity (Wildman–Crippen MR) is 126 cm³/mol. The van der Waals surface area contributed by atoms with Crippen molar-refractivity contribution < 1.29 is 27.5 Å². The van der Waals surface area contributed by atoms with E-state index in [0.29, 0.717) is 23.2 Å². The molecule has 0 aliphatic heterocycles. The van der Waals surface area contributed by atoms with E-state index in [1.165, 1.54) is 6.07 Å². The number of hydrogen-bond donors (Lipinski definition) is 1. The Kier molecular flexibility index (Phi) is 7.15. The van der Waals surface area contributed by atoms with Crippen molar-refractivity contribution in [2.24, 2.45) is 5.92 Å². The largest absolute Gasteiger partial charge is 0.478 e. The maximum atomic E-state index is 13.7. The molecule has 0 spiro atoms. The van der Waals surface area contributed by atoms with E-state index in [9.17, 15) is 23.1 Å². The normalized spacial score (nSPS) is 17.9. The molecule has 0 aromatic carbocycles. The van der Waals surface area contributed by atoms with Gasteiger partial charge in [-0.3, -0.25) is 0 Å². The molecule has 6 nitrogen and oxygen atoms in total. The lowest BCUT2D eigenvalue weighted by Crippen LogP contribution is -2.41. The van der Waals surface area contributed by atoms with Crippen LogP contribution in [0.1, 0.15) is 68.7 Å². The first-order valence-corrected chi connectivity index (χ1v) is 14.3. The Balaban J connectivity index is 2.06. The Morgan fingerprint density at radius 1 is 1.26 bits per heavy atom. The number of carbonyl (C=O) groups is 1. The second-order valence-corrected chi connectivity index (χ2v) is 15.2. The summed E-state index contributed by atoms with van der Waals surface area (Å²) in [6, 6.07) is 4.80. The van der Waals surface area contributed by atoms with Gasteiger partial charge in [-0.25, -0.2) is 14.5 Å². The average molecular weight is 496 g/mol. The molecule has 2 aromatic heterocycles. The van der Waals surface area contributed by atoms with E-state index >= 15 is 0 Å². The molecule has 0 radical (unpaired) electrons. The van der Waals surface area contributed by atoms with Gasteiger partial charge in [0, 0.05) is 0 Å². The zero-order valence-corrected chi connectivity index (χ0v) is 21.5. The number of carboxylic acid groups (broad SMARTS) is 1. The fourth-order valence-electron chi connectivity index (χ4n) is 3.87. The van der Waals surface area contributed by atoms with E-state index < -0.39 is 31.7 Å². The molecule has 10 heteroatoms. The molecule has 1 aliphatic rings. The van der Waals surface area contributed by atoms with Gasteiger partial charge in [-0.2, -0.15) is 18.3 Å². The van der Waals surface area contributed by atoms with Crippen LogP contribution in [0.3, 0.4) is 0 Å². The maximum Gasteiger partial charge on any atom is 0.434 e. The van der Waals surface area contributed by atoms with Gasteiger partial charge in [0.25, 0.3) is 0 Å². The minimum Gasteiger partial charge on any atom is -0.478 e. The summed E-state index contributed by atoms with van der Waals surface area (Å²) in [6.45, 7) is 13.5. The van der Waals surface area contributed by atoms with Gasteiger partial charge in [-0.15, -0.1) is 0 Å². The molecule has 1 unspecified atom stereocenters. The van der Waals surface area contributed by atoms with Gasteiger partial charge in [-0.1, -0.05) is 33.8 Å². The van der Waals surface area contributed by atoms with Crippen LogP contribution in [0.15, 0.2) is 30.0 Å². The van der Waals surface area contributed by atoms with Crippen LogP contribution in [0, 0.1) is 5.92 Å². The SMILES string of the molecule is CC1CCCC(c2cccc(-n3ncc(C(=O)O)c3C(F)(F)F)n2)=C1CO[Si](C)(C)C(C)(C)C. The lowest BCUT2D eigenvalue weighted by atomic mass is 9.83. The predicted octanol–water partition coefficient (Wildman–Crippen LogP) is 6.58. The van der Waals surface area contributed by atoms with Crippen LogP contribution in [-0.2, 0) is 10.6 Å². The van der Waals surface area contributed by atoms with Crippen molar-refractivity contribution in [3.8, 4) is 5.82 Å². The zero-order chi connectivity index (χ0) is 25.5. The van der Waals surface area contributed by atoms with Gasteiger partial charge in [-0.05, 0) is 66.6 Å². The van der Waals surface area contributed by atoms with E-state index in [1.54, 1.807) is 12.1 Å². The molecule has 0 amide bonds. The number of pyridine rings is 1. The molecule has 186 valence electrons. The average Bonchev–Trinajstić information content (AvgIpc) is 3.18. The maximum absolute atomic E-state index is 13.7. The van der Waals surface area contributed by atoms with Crippen LogP contribution in [-0.4, -0.2) is 40.8 Å². The molecule has 1 atom stereocenters. The van der Waals surface area contributed by atoms with E-state index in [2.05, 4.69) is 50.9 Å². The fraction of sp³-hybridized carbons (Fsp3) is 0.542. The van der Waals surface area contributed by atoms with Gasteiger partial charge in [0.15, 0.2) is 19.8 Å². The number of rotatable bonds is 6. The third-order valence-corrected chi connectivity index (χ3v) is 11.4. The second kappa shape index (κ2) is 9.29. The van der Waals surface area contributed by atoms with Gasteiger partial charge in [0.1, 0.15) is 5.56 Å². The molecule has 3 rings (SSSR count). The molecule has 2 heterocycles. The van der Waals surface area contributed by atoms with E-state index in [-0.39, 0.29) is 16.8 Å². The summed E-state index contributed by atoms with van der Waals surface area (Å²) in [5.41, 5.74) is 0.422. The highest BCUT2D eigenvalue weighted by atomic mass is 28.4. The molecular weight excluding hydrogens is 463 g/mol. The van der Waals surface area contributed by atoms with E-state index in [0.717, 1.165) is 30.4 Å². The van der Waals surface area contributed by atoms with Gasteiger partial charge in [0.05, 0.1) is 18.5 Å². The summed E-state index contributed by atoms with van der Waals surface area (Å²) >= 11 is 0. The highest BCUT2D eigenvalue weighted by Crippen LogP contribution is 2.40. The number of nitrogens with zero attached hydrogens (tertiary/aromatic N) is 3. The first-order valence-electron chi connectivity index (χ1n) is 11.4. The van der Waals surface area contributed by atoms with Crippen LogP contribution in [0.25, 0.3) is 11.4 Å². The minimum atomic E-state index is -4.90. The zero-order valence-electron chi connectivity index (χ0n) is 20.5. The molecule has 1 aliphatic carbocycles. The molecule has 0 bridgehead atoms. The van der Waals surface area contributed by atoms with Crippen LogP contribution in [0.5, 0.6) is 0 Å². The highest BCUT2D eigenvalue weighted by Gasteiger charge is 2.41. The first-order chi connectivity index (χ1) is 15.6. The standard InChI is InChI=1S/C24H32F3N3O3Si/c1-15-9-7-10-16(18(15)14-33-34(5,6)23(2,3)4)19-11-8-12-20(29-19)30-21(24(25,26)27)17(13-28-30)22(31)32/h8,11-13,15H,7,9-10,14H2,1-6H3,(H,31,32). The minimum absolute atomic E-state index is 0.0553. The van der Waals surface area contributed by atoms with Crippen molar-refractivity contribution in [1.29, 1.82) is 0 Å². The van der Waals surface area contributed by atoms with Gasteiger partial charge >= 0.3 is 12.1 Å². The van der Waals surface area contributed by atoms with Gasteiger partial charge < -0.3 is 9.53 Å². The number of carboxylic acids is 1. The van der Waals surface area contributed by atoms with E-state index in [4.69, 9.17) is 4.43 Å². The van der Waals surface area contributed by atoms with Gasteiger partial charge in [0.2, 0.25) is 0 Å². The summed E-state index contributed by atoms with van der Waals surface area (Å²) in [5.74, 6) is -1.50. The monoisotopic (exact) mass is 495 g/mol. The summed E-state index contributed by atoms with van der Waals surface area (Å²) in [4.78, 5) is 15.8. The Bertz CT molecular complexity index is 1100. The number of halogens is 3. The molecule has 2 aromatic rings. The summed E-state index contributed by atoms with van der Waals surface area (Å²) in [5, 5.41) is 13.0. The molecular formula is C24H32F3N3O3Si. The Morgan fingerprint density at radius 2 is 1.94 bits per heavy atom. The Labute approximate surface area is 199 Å². The number of allylic oxidation sites excluding steroid dienone is 1. The Morgan fingerprint density at radius 3 is 2.53 bits per heavy atom. The fourth-order valence-corrected chi connectivity index (χ4v) is 4.82. The van der Waals surface area contributed by atoms with Crippen molar-refractivity contribution in [2.75, 3.05) is 6.61 Å². The molecule has 0 fully saturated rings. The van der Waals surface area contributed by atoms with Crippen molar-refractivity contribution in [2.45, 2.75) is 71.3 Å². The number of aromatic nitrogens is 3. The molecule has 0 saturated heterocycles. The molecule has 34 heavy (non-hydrogen) atoms. The molecule has 1 N–H and O–H groups in total. The van der Waals surface area contributed by atoms with Crippen LogP contribution in [0.4, 0.5) is 13.2 Å².